The largest absolute Gasteiger partial charge is 0.460 e. The number of imidazole rings is 1. The molecular weight excluding hydrogens is 357 g/mol. The number of carbonyl (C=O) groups is 1. The Kier molecular flexibility index (Phi) is 4.62. The van der Waals surface area contributed by atoms with Crippen LogP contribution < -0.4 is 5.32 Å². The highest BCUT2D eigenvalue weighted by Crippen LogP contribution is 2.28. The molecule has 0 saturated heterocycles. The van der Waals surface area contributed by atoms with E-state index in [9.17, 15) is 18.0 Å². The Morgan fingerprint density at radius 2 is 2.16 bits per heavy atom. The number of alkyl halides is 3. The van der Waals surface area contributed by atoms with Gasteiger partial charge in [-0.3, -0.25) is 4.40 Å². The van der Waals surface area contributed by atoms with E-state index in [1.54, 1.807) is 16.8 Å². The predicted molar refractivity (Wildman–Crippen MR) is 85.8 cm³/mol. The van der Waals surface area contributed by atoms with Crippen molar-refractivity contribution < 1.29 is 22.7 Å². The van der Waals surface area contributed by atoms with Gasteiger partial charge < -0.3 is 10.1 Å². The lowest BCUT2D eigenvalue weighted by Gasteiger charge is -2.08. The highest BCUT2D eigenvalue weighted by atomic mass is 32.1. The maximum Gasteiger partial charge on any atom is 0.417 e. The molecule has 0 aromatic carbocycles. The Bertz CT molecular complexity index is 855. The third kappa shape index (κ3) is 4.08. The van der Waals surface area contributed by atoms with Crippen molar-refractivity contribution in [2.45, 2.75) is 13.1 Å². The molecule has 0 spiro atoms. The van der Waals surface area contributed by atoms with Gasteiger partial charge in [0.25, 0.3) is 0 Å². The molecule has 0 aliphatic rings. The van der Waals surface area contributed by atoms with Gasteiger partial charge in [-0.15, -0.1) is 0 Å². The highest BCUT2D eigenvalue weighted by Gasteiger charge is 2.30. The number of fused-ring (bicyclic) bond motifs is 1. The first kappa shape index (κ1) is 17.2. The van der Waals surface area contributed by atoms with Crippen LogP contribution in [-0.4, -0.2) is 33.5 Å². The topological polar surface area (TPSA) is 68.5 Å². The second-order valence-electron chi connectivity index (χ2n) is 5.16. The van der Waals surface area contributed by atoms with E-state index in [-0.39, 0.29) is 19.0 Å². The number of rotatable bonds is 5. The van der Waals surface area contributed by atoms with Crippen molar-refractivity contribution in [3.8, 4) is 0 Å². The number of nitrogens with one attached hydrogen (secondary N) is 1. The quantitative estimate of drug-likeness (QED) is 0.551. The van der Waals surface area contributed by atoms with Crippen molar-refractivity contribution in [3.63, 3.8) is 0 Å². The summed E-state index contributed by atoms with van der Waals surface area (Å²) in [7, 11) is 0. The van der Waals surface area contributed by atoms with Gasteiger partial charge >= 0.3 is 12.1 Å². The van der Waals surface area contributed by atoms with Crippen LogP contribution in [0.5, 0.6) is 0 Å². The standard InChI is InChI=1S/C15H13F3N4O2S/c1-9-7-22-8-11(25-14(22)21-9)13(23)24-5-4-19-12-3-2-10(6-20-12)15(16,17)18/h2-3,6-8H,4-5H2,1H3,(H,19,20). The average molecular weight is 370 g/mol. The lowest BCUT2D eigenvalue weighted by atomic mass is 10.3. The van der Waals surface area contributed by atoms with Crippen molar-refractivity contribution in [2.75, 3.05) is 18.5 Å². The van der Waals surface area contributed by atoms with E-state index in [4.69, 9.17) is 4.74 Å². The number of ether oxygens (including phenoxy) is 1. The fourth-order valence-electron chi connectivity index (χ4n) is 2.07. The van der Waals surface area contributed by atoms with Crippen LogP contribution >= 0.6 is 11.3 Å². The summed E-state index contributed by atoms with van der Waals surface area (Å²) in [6, 6.07) is 2.16. The number of esters is 1. The van der Waals surface area contributed by atoms with Crippen molar-refractivity contribution in [3.05, 3.63) is 46.9 Å². The number of anilines is 1. The number of aryl methyl sites for hydroxylation is 1. The number of carbonyl (C=O) groups excluding carboxylic acids is 1. The third-order valence-corrected chi connectivity index (χ3v) is 4.19. The van der Waals surface area contributed by atoms with Gasteiger partial charge in [0.1, 0.15) is 17.3 Å². The average Bonchev–Trinajstić information content (AvgIpc) is 3.08. The lowest BCUT2D eigenvalue weighted by molar-refractivity contribution is -0.137. The number of halogens is 3. The van der Waals surface area contributed by atoms with Crippen LogP contribution in [0.1, 0.15) is 20.9 Å². The van der Waals surface area contributed by atoms with E-state index < -0.39 is 17.7 Å². The lowest BCUT2D eigenvalue weighted by Crippen LogP contribution is -2.14. The van der Waals surface area contributed by atoms with Gasteiger partial charge in [0.05, 0.1) is 17.8 Å². The van der Waals surface area contributed by atoms with E-state index in [2.05, 4.69) is 15.3 Å². The molecule has 1 N–H and O–H groups in total. The summed E-state index contributed by atoms with van der Waals surface area (Å²) in [5.74, 6) is -0.204. The fourth-order valence-corrected chi connectivity index (χ4v) is 2.97. The second-order valence-corrected chi connectivity index (χ2v) is 6.17. The highest BCUT2D eigenvalue weighted by molar-refractivity contribution is 7.18. The molecule has 0 amide bonds. The molecule has 3 aromatic heterocycles. The molecule has 0 atom stereocenters. The number of thiazole rings is 1. The van der Waals surface area contributed by atoms with Gasteiger partial charge in [-0.2, -0.15) is 13.2 Å². The first-order valence-electron chi connectivity index (χ1n) is 7.22. The first-order valence-corrected chi connectivity index (χ1v) is 8.04. The Morgan fingerprint density at radius 3 is 2.80 bits per heavy atom. The van der Waals surface area contributed by atoms with Crippen LogP contribution in [0, 0.1) is 6.92 Å². The Balaban J connectivity index is 1.47. The van der Waals surface area contributed by atoms with Crippen LogP contribution in [0.3, 0.4) is 0 Å². The van der Waals surface area contributed by atoms with Gasteiger partial charge in [0, 0.05) is 18.6 Å². The SMILES string of the molecule is Cc1cn2cc(C(=O)OCCNc3ccc(C(F)(F)F)cn3)sc2n1. The summed E-state index contributed by atoms with van der Waals surface area (Å²) in [5, 5.41) is 2.79. The molecule has 132 valence electrons. The summed E-state index contributed by atoms with van der Waals surface area (Å²) >= 11 is 1.22. The number of nitrogens with zero attached hydrogens (tertiary/aromatic N) is 3. The van der Waals surface area contributed by atoms with E-state index in [0.29, 0.717) is 9.84 Å². The maximum absolute atomic E-state index is 12.4. The molecule has 0 radical (unpaired) electrons. The zero-order chi connectivity index (χ0) is 18.0. The van der Waals surface area contributed by atoms with E-state index in [0.717, 1.165) is 18.0 Å². The molecule has 0 aliphatic carbocycles. The summed E-state index contributed by atoms with van der Waals surface area (Å²) < 4.78 is 44.2. The minimum atomic E-state index is -4.42. The predicted octanol–water partition coefficient (Wildman–Crippen LogP) is 3.39. The van der Waals surface area contributed by atoms with E-state index in [1.165, 1.54) is 17.4 Å². The van der Waals surface area contributed by atoms with Gasteiger partial charge in [-0.05, 0) is 19.1 Å². The molecule has 25 heavy (non-hydrogen) atoms. The molecular formula is C15H13F3N4O2S. The number of pyridine rings is 1. The van der Waals surface area contributed by atoms with Crippen LogP contribution in [0.4, 0.5) is 19.0 Å². The summed E-state index contributed by atoms with van der Waals surface area (Å²) in [6.45, 7) is 2.14. The Labute approximate surface area is 144 Å². The van der Waals surface area contributed by atoms with Crippen LogP contribution in [0.15, 0.2) is 30.7 Å². The molecule has 3 heterocycles. The van der Waals surface area contributed by atoms with Crippen molar-refractivity contribution in [1.29, 1.82) is 0 Å². The monoisotopic (exact) mass is 370 g/mol. The summed E-state index contributed by atoms with van der Waals surface area (Å²) in [5.41, 5.74) is 0.0434. The second kappa shape index (κ2) is 6.71. The summed E-state index contributed by atoms with van der Waals surface area (Å²) in [4.78, 5) is 21.0. The molecule has 10 heteroatoms. The Morgan fingerprint density at radius 1 is 1.36 bits per heavy atom. The summed E-state index contributed by atoms with van der Waals surface area (Å²) in [6.07, 6.45) is -0.217. The zero-order valence-corrected chi connectivity index (χ0v) is 13.8. The molecule has 0 aliphatic heterocycles. The van der Waals surface area contributed by atoms with Crippen molar-refractivity contribution in [1.82, 2.24) is 14.4 Å². The van der Waals surface area contributed by atoms with Crippen molar-refractivity contribution >= 4 is 28.1 Å². The molecule has 6 nitrogen and oxygen atoms in total. The van der Waals surface area contributed by atoms with Gasteiger partial charge in [0.2, 0.25) is 0 Å². The van der Waals surface area contributed by atoms with E-state index in [1.807, 2.05) is 6.92 Å². The van der Waals surface area contributed by atoms with Crippen molar-refractivity contribution in [2.24, 2.45) is 0 Å². The molecule has 0 fully saturated rings. The number of hydrogen-bond acceptors (Lipinski definition) is 6. The molecule has 3 rings (SSSR count). The zero-order valence-electron chi connectivity index (χ0n) is 13.0. The minimum absolute atomic E-state index is 0.0563. The molecule has 0 bridgehead atoms. The maximum atomic E-state index is 12.4. The molecule has 0 saturated carbocycles. The smallest absolute Gasteiger partial charge is 0.417 e. The number of aromatic nitrogens is 3. The fraction of sp³-hybridized carbons (Fsp3) is 0.267. The third-order valence-electron chi connectivity index (χ3n) is 3.21. The van der Waals surface area contributed by atoms with E-state index >= 15 is 0 Å². The molecule has 3 aromatic rings. The van der Waals surface area contributed by atoms with Gasteiger partial charge in [0.15, 0.2) is 4.96 Å². The van der Waals surface area contributed by atoms with Crippen LogP contribution in [0.25, 0.3) is 4.96 Å². The molecule has 0 unspecified atom stereocenters. The van der Waals surface area contributed by atoms with Crippen LogP contribution in [0.2, 0.25) is 0 Å². The van der Waals surface area contributed by atoms with Gasteiger partial charge in [-0.1, -0.05) is 11.3 Å². The minimum Gasteiger partial charge on any atom is -0.460 e. The normalized spacial score (nSPS) is 11.7. The first-order chi connectivity index (χ1) is 11.8. The van der Waals surface area contributed by atoms with Gasteiger partial charge in [-0.25, -0.2) is 14.8 Å². The number of hydrogen-bond donors (Lipinski definition) is 1. The Hall–Kier alpha value is -2.62. The van der Waals surface area contributed by atoms with Crippen LogP contribution in [-0.2, 0) is 10.9 Å².